The second-order valence-electron chi connectivity index (χ2n) is 5.42. The van der Waals surface area contributed by atoms with E-state index in [-0.39, 0.29) is 5.41 Å². The molecule has 0 spiro atoms. The molecule has 0 N–H and O–H groups in total. The van der Waals surface area contributed by atoms with Gasteiger partial charge in [0.25, 0.3) is 0 Å². The van der Waals surface area contributed by atoms with Crippen LogP contribution < -0.4 is 4.74 Å². The maximum Gasteiger partial charge on any atom is 0.236 e. The molecule has 16 heavy (non-hydrogen) atoms. The predicted octanol–water partition coefficient (Wildman–Crippen LogP) is 2.45. The molecular weight excluding hydrogens is 202 g/mol. The van der Waals surface area contributed by atoms with Crippen molar-refractivity contribution in [3.63, 3.8) is 0 Å². The van der Waals surface area contributed by atoms with Crippen molar-refractivity contribution in [3.05, 3.63) is 11.8 Å². The predicted molar refractivity (Wildman–Crippen MR) is 62.4 cm³/mol. The lowest BCUT2D eigenvalue weighted by Gasteiger charge is -2.17. The zero-order chi connectivity index (χ0) is 12.6. The molecule has 0 aromatic carbocycles. The maximum absolute atomic E-state index is 9.07. The quantitative estimate of drug-likeness (QED) is 0.770. The first-order valence-corrected chi connectivity index (χ1v) is 5.28. The third-order valence-electron chi connectivity index (χ3n) is 2.53. The Morgan fingerprint density at radius 3 is 2.19 bits per heavy atom. The van der Waals surface area contributed by atoms with Crippen LogP contribution in [0.2, 0.25) is 0 Å². The Labute approximate surface area is 96.8 Å². The number of ether oxygens (including phenoxy) is 1. The fourth-order valence-corrected chi connectivity index (χ4v) is 1.36. The van der Waals surface area contributed by atoms with Crippen LogP contribution in [-0.2, 0) is 11.0 Å². The van der Waals surface area contributed by atoms with E-state index in [1.165, 1.54) is 0 Å². The van der Waals surface area contributed by atoms with Crippen molar-refractivity contribution in [2.24, 2.45) is 0 Å². The fraction of sp³-hybridized carbons (Fsp3) is 0.667. The van der Waals surface area contributed by atoms with E-state index in [1.807, 2.05) is 20.0 Å². The molecular formula is C12H19N3O. The van der Waals surface area contributed by atoms with Crippen molar-refractivity contribution >= 4 is 0 Å². The molecule has 1 rings (SSSR count). The van der Waals surface area contributed by atoms with Crippen LogP contribution in [0.3, 0.4) is 0 Å². The average Bonchev–Trinajstić information content (AvgIpc) is 2.61. The van der Waals surface area contributed by atoms with Gasteiger partial charge in [0, 0.05) is 11.8 Å². The topological polar surface area (TPSA) is 50.8 Å². The summed E-state index contributed by atoms with van der Waals surface area (Å²) in [6, 6.07) is 2.22. The van der Waals surface area contributed by atoms with Crippen LogP contribution in [0.5, 0.6) is 5.88 Å². The van der Waals surface area contributed by atoms with E-state index < -0.39 is 5.54 Å². The highest BCUT2D eigenvalue weighted by Crippen LogP contribution is 2.31. The SMILES string of the molecule is COc1nn(C(C)(C)C#N)cc1C(C)(C)C. The van der Waals surface area contributed by atoms with E-state index >= 15 is 0 Å². The molecule has 0 amide bonds. The molecule has 0 atom stereocenters. The van der Waals surface area contributed by atoms with Crippen LogP contribution in [0, 0.1) is 11.3 Å². The van der Waals surface area contributed by atoms with Gasteiger partial charge in [0.2, 0.25) is 5.88 Å². The van der Waals surface area contributed by atoms with Crippen LogP contribution in [0.15, 0.2) is 6.20 Å². The summed E-state index contributed by atoms with van der Waals surface area (Å²) in [5.74, 6) is 0.593. The molecule has 0 saturated heterocycles. The zero-order valence-electron chi connectivity index (χ0n) is 10.8. The largest absolute Gasteiger partial charge is 0.480 e. The molecule has 0 bridgehead atoms. The van der Waals surface area contributed by atoms with E-state index in [2.05, 4.69) is 31.9 Å². The lowest BCUT2D eigenvalue weighted by atomic mass is 9.89. The van der Waals surface area contributed by atoms with Crippen LogP contribution in [-0.4, -0.2) is 16.9 Å². The molecule has 0 radical (unpaired) electrons. The van der Waals surface area contributed by atoms with Gasteiger partial charge in [-0.1, -0.05) is 20.8 Å². The molecule has 4 nitrogen and oxygen atoms in total. The van der Waals surface area contributed by atoms with Crippen LogP contribution >= 0.6 is 0 Å². The van der Waals surface area contributed by atoms with Crippen molar-refractivity contribution in [3.8, 4) is 11.9 Å². The molecule has 0 aliphatic rings. The first-order chi connectivity index (χ1) is 7.22. The monoisotopic (exact) mass is 221 g/mol. The summed E-state index contributed by atoms with van der Waals surface area (Å²) < 4.78 is 6.91. The number of hydrogen-bond donors (Lipinski definition) is 0. The molecule has 0 aliphatic heterocycles. The van der Waals surface area contributed by atoms with Gasteiger partial charge in [-0.05, 0) is 19.3 Å². The Morgan fingerprint density at radius 1 is 1.31 bits per heavy atom. The number of nitriles is 1. The molecule has 0 unspecified atom stereocenters. The second kappa shape index (κ2) is 3.82. The highest BCUT2D eigenvalue weighted by atomic mass is 16.5. The second-order valence-corrected chi connectivity index (χ2v) is 5.42. The van der Waals surface area contributed by atoms with E-state index in [4.69, 9.17) is 10.00 Å². The molecule has 88 valence electrons. The van der Waals surface area contributed by atoms with Gasteiger partial charge in [-0.25, -0.2) is 4.68 Å². The third kappa shape index (κ3) is 2.19. The molecule has 1 aromatic heterocycles. The van der Waals surface area contributed by atoms with Crippen molar-refractivity contribution < 1.29 is 4.74 Å². The molecule has 4 heteroatoms. The van der Waals surface area contributed by atoms with Crippen molar-refractivity contribution in [1.29, 1.82) is 5.26 Å². The Kier molecular flexibility index (Phi) is 3.00. The van der Waals surface area contributed by atoms with Crippen molar-refractivity contribution in [2.75, 3.05) is 7.11 Å². The Morgan fingerprint density at radius 2 is 1.88 bits per heavy atom. The summed E-state index contributed by atoms with van der Waals surface area (Å²) in [4.78, 5) is 0. The normalized spacial score (nSPS) is 12.3. The van der Waals surface area contributed by atoms with Gasteiger partial charge in [0.15, 0.2) is 0 Å². The average molecular weight is 221 g/mol. The van der Waals surface area contributed by atoms with Crippen LogP contribution in [0.4, 0.5) is 0 Å². The highest BCUT2D eigenvalue weighted by molar-refractivity contribution is 5.31. The number of nitrogens with zero attached hydrogens (tertiary/aromatic N) is 3. The molecule has 0 aliphatic carbocycles. The summed E-state index contributed by atoms with van der Waals surface area (Å²) in [6.45, 7) is 9.93. The van der Waals surface area contributed by atoms with Gasteiger partial charge < -0.3 is 4.74 Å². The first-order valence-electron chi connectivity index (χ1n) is 5.28. The fourth-order valence-electron chi connectivity index (χ4n) is 1.36. The summed E-state index contributed by atoms with van der Waals surface area (Å²) in [5.41, 5.74) is 0.310. The Bertz CT molecular complexity index is 418. The minimum atomic E-state index is -0.656. The first kappa shape index (κ1) is 12.6. The Balaban J connectivity index is 3.30. The van der Waals surface area contributed by atoms with Gasteiger partial charge >= 0.3 is 0 Å². The van der Waals surface area contributed by atoms with Gasteiger partial charge in [-0.15, -0.1) is 5.10 Å². The minimum absolute atomic E-state index is 0.0465. The summed E-state index contributed by atoms with van der Waals surface area (Å²) in [6.07, 6.45) is 1.89. The van der Waals surface area contributed by atoms with Gasteiger partial charge in [0.1, 0.15) is 5.54 Å². The summed E-state index contributed by atoms with van der Waals surface area (Å²) >= 11 is 0. The molecule has 1 aromatic rings. The summed E-state index contributed by atoms with van der Waals surface area (Å²) in [5, 5.41) is 13.4. The number of methoxy groups -OCH3 is 1. The van der Waals surface area contributed by atoms with E-state index in [0.717, 1.165) is 5.56 Å². The van der Waals surface area contributed by atoms with E-state index in [0.29, 0.717) is 5.88 Å². The molecule has 0 saturated carbocycles. The van der Waals surface area contributed by atoms with E-state index in [9.17, 15) is 0 Å². The molecule has 1 heterocycles. The Hall–Kier alpha value is -1.50. The number of rotatable bonds is 2. The lowest BCUT2D eigenvalue weighted by Crippen LogP contribution is -2.24. The maximum atomic E-state index is 9.07. The van der Waals surface area contributed by atoms with Gasteiger partial charge in [-0.3, -0.25) is 0 Å². The van der Waals surface area contributed by atoms with Gasteiger partial charge in [-0.2, -0.15) is 5.26 Å². The standard InChI is InChI=1S/C12H19N3O/c1-11(2,3)9-7-15(12(4,5)8-13)14-10(9)16-6/h7H,1-6H3. The van der Waals surface area contributed by atoms with Crippen molar-refractivity contribution in [2.45, 2.75) is 45.6 Å². The zero-order valence-corrected chi connectivity index (χ0v) is 10.8. The third-order valence-corrected chi connectivity index (χ3v) is 2.53. The van der Waals surface area contributed by atoms with Crippen LogP contribution in [0.1, 0.15) is 40.2 Å². The number of aromatic nitrogens is 2. The number of hydrogen-bond acceptors (Lipinski definition) is 3. The van der Waals surface area contributed by atoms with E-state index in [1.54, 1.807) is 11.8 Å². The highest BCUT2D eigenvalue weighted by Gasteiger charge is 2.27. The lowest BCUT2D eigenvalue weighted by molar-refractivity contribution is 0.357. The van der Waals surface area contributed by atoms with Crippen LogP contribution in [0.25, 0.3) is 0 Å². The smallest absolute Gasteiger partial charge is 0.236 e. The summed E-state index contributed by atoms with van der Waals surface area (Å²) in [7, 11) is 1.60. The molecule has 0 fully saturated rings. The van der Waals surface area contributed by atoms with Gasteiger partial charge in [0.05, 0.1) is 13.2 Å². The minimum Gasteiger partial charge on any atom is -0.480 e. The van der Waals surface area contributed by atoms with Crippen molar-refractivity contribution in [1.82, 2.24) is 9.78 Å².